The number of benzene rings is 1. The van der Waals surface area contributed by atoms with Crippen LogP contribution in [0.25, 0.3) is 22.9 Å². The van der Waals surface area contributed by atoms with Crippen LogP contribution in [0.15, 0.2) is 56.5 Å². The quantitative estimate of drug-likeness (QED) is 0.293. The first-order chi connectivity index (χ1) is 15.8. The Bertz CT molecular complexity index is 1340. The summed E-state index contributed by atoms with van der Waals surface area (Å²) in [7, 11) is 0. The SMILES string of the molecule is CC(=O)Nc1ccc(C(=O)CSc2nnc(-c3ccc(C)o3)c(-c3ccc(C)o3)n2)cc1C. The third-order valence-corrected chi connectivity index (χ3v) is 5.64. The lowest BCUT2D eigenvalue weighted by atomic mass is 10.1. The Hall–Kier alpha value is -3.72. The molecular formula is C24H22N4O4S. The zero-order chi connectivity index (χ0) is 23.5. The maximum Gasteiger partial charge on any atom is 0.221 e. The molecule has 0 bridgehead atoms. The molecule has 1 amide bonds. The van der Waals surface area contributed by atoms with E-state index in [1.807, 2.05) is 45.0 Å². The Labute approximate surface area is 194 Å². The van der Waals surface area contributed by atoms with Crippen molar-refractivity contribution in [1.29, 1.82) is 0 Å². The number of thioether (sulfide) groups is 1. The molecule has 0 aliphatic carbocycles. The van der Waals surface area contributed by atoms with E-state index in [9.17, 15) is 9.59 Å². The standard InChI is InChI=1S/C24H22N4O4S/c1-13-11-17(7-8-18(13)25-16(4)29)19(30)12-33-24-26-22(20-9-5-14(2)31-20)23(27-28-24)21-10-6-15(3)32-21/h5-11H,12H2,1-4H3,(H,25,29). The van der Waals surface area contributed by atoms with E-state index >= 15 is 0 Å². The minimum Gasteiger partial charge on any atom is -0.460 e. The zero-order valence-electron chi connectivity index (χ0n) is 18.6. The van der Waals surface area contributed by atoms with Gasteiger partial charge in [0.15, 0.2) is 23.0 Å². The van der Waals surface area contributed by atoms with Gasteiger partial charge in [0.2, 0.25) is 11.1 Å². The monoisotopic (exact) mass is 462 g/mol. The summed E-state index contributed by atoms with van der Waals surface area (Å²) in [6.07, 6.45) is 0. The average molecular weight is 463 g/mol. The summed E-state index contributed by atoms with van der Waals surface area (Å²) in [4.78, 5) is 28.6. The molecule has 0 atom stereocenters. The van der Waals surface area contributed by atoms with E-state index in [2.05, 4.69) is 20.5 Å². The van der Waals surface area contributed by atoms with Gasteiger partial charge in [0.1, 0.15) is 17.2 Å². The predicted molar refractivity (Wildman–Crippen MR) is 125 cm³/mol. The maximum atomic E-state index is 12.7. The second-order valence-corrected chi connectivity index (χ2v) is 8.48. The van der Waals surface area contributed by atoms with Crippen LogP contribution in [0.1, 0.15) is 34.4 Å². The molecule has 0 saturated heterocycles. The van der Waals surface area contributed by atoms with Crippen molar-refractivity contribution >= 4 is 29.1 Å². The highest BCUT2D eigenvalue weighted by Crippen LogP contribution is 2.32. The Morgan fingerprint density at radius 3 is 2.15 bits per heavy atom. The molecule has 168 valence electrons. The fourth-order valence-electron chi connectivity index (χ4n) is 3.21. The Morgan fingerprint density at radius 1 is 0.909 bits per heavy atom. The molecule has 4 rings (SSSR count). The highest BCUT2D eigenvalue weighted by atomic mass is 32.2. The van der Waals surface area contributed by atoms with Gasteiger partial charge in [-0.1, -0.05) is 11.8 Å². The number of anilines is 1. The van der Waals surface area contributed by atoms with Gasteiger partial charge in [-0.25, -0.2) is 4.98 Å². The van der Waals surface area contributed by atoms with Crippen LogP contribution >= 0.6 is 11.8 Å². The number of aromatic nitrogens is 3. The number of nitrogens with zero attached hydrogens (tertiary/aromatic N) is 3. The van der Waals surface area contributed by atoms with E-state index in [1.54, 1.807) is 18.2 Å². The summed E-state index contributed by atoms with van der Waals surface area (Å²) in [5.74, 6) is 2.47. The smallest absolute Gasteiger partial charge is 0.221 e. The molecule has 3 heterocycles. The van der Waals surface area contributed by atoms with Crippen LogP contribution in [-0.2, 0) is 4.79 Å². The summed E-state index contributed by atoms with van der Waals surface area (Å²) in [5, 5.41) is 11.6. The predicted octanol–water partition coefficient (Wildman–Crippen LogP) is 5.25. The number of nitrogens with one attached hydrogen (secondary N) is 1. The number of Topliss-reactive ketones (excluding diaryl/α,β-unsaturated/α-hetero) is 1. The van der Waals surface area contributed by atoms with Gasteiger partial charge in [-0.05, 0) is 68.8 Å². The summed E-state index contributed by atoms with van der Waals surface area (Å²) < 4.78 is 11.5. The number of hydrogen-bond acceptors (Lipinski definition) is 8. The second-order valence-electron chi connectivity index (χ2n) is 7.53. The van der Waals surface area contributed by atoms with Crippen molar-refractivity contribution in [1.82, 2.24) is 15.2 Å². The minimum absolute atomic E-state index is 0.0813. The average Bonchev–Trinajstić information content (AvgIpc) is 3.41. The zero-order valence-corrected chi connectivity index (χ0v) is 19.4. The number of carbonyl (C=O) groups excluding carboxylic acids is 2. The number of furan rings is 2. The number of hydrogen-bond donors (Lipinski definition) is 1. The van der Waals surface area contributed by atoms with Crippen molar-refractivity contribution in [3.63, 3.8) is 0 Å². The van der Waals surface area contributed by atoms with Crippen molar-refractivity contribution in [2.24, 2.45) is 0 Å². The number of amides is 1. The molecule has 0 unspecified atom stereocenters. The van der Waals surface area contributed by atoms with E-state index in [-0.39, 0.29) is 17.4 Å². The molecule has 0 fully saturated rings. The van der Waals surface area contributed by atoms with Gasteiger partial charge in [0.05, 0.1) is 5.75 Å². The molecule has 0 spiro atoms. The van der Waals surface area contributed by atoms with E-state index in [1.165, 1.54) is 18.7 Å². The minimum atomic E-state index is -0.159. The van der Waals surface area contributed by atoms with E-state index < -0.39 is 0 Å². The normalized spacial score (nSPS) is 10.9. The third kappa shape index (κ3) is 5.20. The largest absolute Gasteiger partial charge is 0.460 e. The van der Waals surface area contributed by atoms with Gasteiger partial charge >= 0.3 is 0 Å². The van der Waals surface area contributed by atoms with E-state index in [4.69, 9.17) is 8.83 Å². The molecule has 9 heteroatoms. The van der Waals surface area contributed by atoms with Crippen molar-refractivity contribution in [2.45, 2.75) is 32.9 Å². The lowest BCUT2D eigenvalue weighted by Crippen LogP contribution is -2.09. The summed E-state index contributed by atoms with van der Waals surface area (Å²) >= 11 is 1.19. The molecule has 8 nitrogen and oxygen atoms in total. The van der Waals surface area contributed by atoms with Gasteiger partial charge in [-0.15, -0.1) is 10.2 Å². The lowest BCUT2D eigenvalue weighted by molar-refractivity contribution is -0.114. The van der Waals surface area contributed by atoms with Crippen molar-refractivity contribution in [3.05, 3.63) is 65.1 Å². The van der Waals surface area contributed by atoms with Crippen LogP contribution in [-0.4, -0.2) is 32.6 Å². The van der Waals surface area contributed by atoms with Crippen molar-refractivity contribution in [3.8, 4) is 22.9 Å². The fraction of sp³-hybridized carbons (Fsp3) is 0.208. The van der Waals surface area contributed by atoms with Gasteiger partial charge < -0.3 is 14.2 Å². The van der Waals surface area contributed by atoms with Crippen LogP contribution in [0.4, 0.5) is 5.69 Å². The first-order valence-electron chi connectivity index (χ1n) is 10.2. The van der Waals surface area contributed by atoms with Gasteiger partial charge in [-0.2, -0.15) is 0 Å². The van der Waals surface area contributed by atoms with Gasteiger partial charge in [-0.3, -0.25) is 9.59 Å². The van der Waals surface area contributed by atoms with Crippen LogP contribution in [0.3, 0.4) is 0 Å². The first kappa shape index (κ1) is 22.5. The Balaban J connectivity index is 1.55. The molecular weight excluding hydrogens is 440 g/mol. The second kappa shape index (κ2) is 9.41. The van der Waals surface area contributed by atoms with Gasteiger partial charge in [0.25, 0.3) is 0 Å². The number of aryl methyl sites for hydroxylation is 3. The molecule has 0 saturated carbocycles. The van der Waals surface area contributed by atoms with E-state index in [0.29, 0.717) is 39.3 Å². The van der Waals surface area contributed by atoms with Gasteiger partial charge in [0, 0.05) is 18.2 Å². The molecule has 1 N–H and O–H groups in total. The fourth-order valence-corrected chi connectivity index (χ4v) is 3.90. The van der Waals surface area contributed by atoms with Crippen molar-refractivity contribution in [2.75, 3.05) is 11.1 Å². The summed E-state index contributed by atoms with van der Waals surface area (Å²) in [6.45, 7) is 6.98. The summed E-state index contributed by atoms with van der Waals surface area (Å²) in [5.41, 5.74) is 3.01. The Kier molecular flexibility index (Phi) is 6.41. The van der Waals surface area contributed by atoms with Crippen LogP contribution < -0.4 is 5.32 Å². The Morgan fingerprint density at radius 2 is 1.58 bits per heavy atom. The highest BCUT2D eigenvalue weighted by molar-refractivity contribution is 7.99. The maximum absolute atomic E-state index is 12.7. The first-order valence-corrected chi connectivity index (χ1v) is 11.2. The molecule has 0 radical (unpaired) electrons. The molecule has 1 aromatic carbocycles. The number of ketones is 1. The topological polar surface area (TPSA) is 111 Å². The molecule has 0 aliphatic rings. The summed E-state index contributed by atoms with van der Waals surface area (Å²) in [6, 6.07) is 12.5. The van der Waals surface area contributed by atoms with Crippen LogP contribution in [0, 0.1) is 20.8 Å². The van der Waals surface area contributed by atoms with Crippen LogP contribution in [0.2, 0.25) is 0 Å². The lowest BCUT2D eigenvalue weighted by Gasteiger charge is -2.08. The third-order valence-electron chi connectivity index (χ3n) is 4.81. The van der Waals surface area contributed by atoms with E-state index in [0.717, 1.165) is 17.1 Å². The highest BCUT2D eigenvalue weighted by Gasteiger charge is 2.20. The molecule has 0 aliphatic heterocycles. The molecule has 3 aromatic heterocycles. The molecule has 4 aromatic rings. The van der Waals surface area contributed by atoms with Crippen LogP contribution in [0.5, 0.6) is 0 Å². The number of rotatable bonds is 7. The van der Waals surface area contributed by atoms with Crippen molar-refractivity contribution < 1.29 is 18.4 Å². The number of carbonyl (C=O) groups is 2. The molecule has 33 heavy (non-hydrogen) atoms.